The van der Waals surface area contributed by atoms with Crippen molar-refractivity contribution in [2.24, 2.45) is 7.05 Å². The molecule has 1 rings (SSSR count). The Labute approximate surface area is 106 Å². The Morgan fingerprint density at radius 1 is 1.50 bits per heavy atom. The summed E-state index contributed by atoms with van der Waals surface area (Å²) in [5, 5.41) is 8.40. The molecule has 2 N–H and O–H groups in total. The highest BCUT2D eigenvalue weighted by atomic mass is 16.5. The molecule has 0 aliphatic rings. The van der Waals surface area contributed by atoms with E-state index in [1.165, 1.54) is 16.8 Å². The number of methoxy groups -OCH3 is 1. The second kappa shape index (κ2) is 11.6. The molecule has 6 heteroatoms. The van der Waals surface area contributed by atoms with Crippen LogP contribution in [0.1, 0.15) is 13.3 Å². The molecule has 1 aromatic heterocycles. The smallest absolute Gasteiger partial charge is 0.328 e. The Hall–Kier alpha value is -1.84. The SMILES string of the molecule is C#C.CCC(CO)OC.Cn1ccc(=O)[nH]c1=O. The predicted molar refractivity (Wildman–Crippen MR) is 70.4 cm³/mol. The van der Waals surface area contributed by atoms with Gasteiger partial charge in [-0.1, -0.05) is 6.92 Å². The van der Waals surface area contributed by atoms with Crippen LogP contribution >= 0.6 is 0 Å². The average molecular weight is 256 g/mol. The van der Waals surface area contributed by atoms with Crippen LogP contribution in [0.2, 0.25) is 0 Å². The van der Waals surface area contributed by atoms with Crippen LogP contribution in [0.15, 0.2) is 21.9 Å². The Balaban J connectivity index is 0. The minimum absolute atomic E-state index is 0.0417. The van der Waals surface area contributed by atoms with Crippen LogP contribution in [0.5, 0.6) is 0 Å². The van der Waals surface area contributed by atoms with E-state index in [4.69, 9.17) is 9.84 Å². The van der Waals surface area contributed by atoms with Crippen molar-refractivity contribution in [3.8, 4) is 12.8 Å². The number of terminal acetylenes is 1. The Kier molecular flexibility index (Phi) is 12.0. The Morgan fingerprint density at radius 3 is 2.28 bits per heavy atom. The minimum Gasteiger partial charge on any atom is -0.394 e. The summed E-state index contributed by atoms with van der Waals surface area (Å²) >= 11 is 0. The molecule has 0 fully saturated rings. The topological polar surface area (TPSA) is 84.3 Å². The van der Waals surface area contributed by atoms with Gasteiger partial charge in [0, 0.05) is 26.4 Å². The number of aromatic nitrogens is 2. The second-order valence-corrected chi connectivity index (χ2v) is 3.17. The van der Waals surface area contributed by atoms with Crippen molar-refractivity contribution in [3.05, 3.63) is 33.1 Å². The third-order valence-corrected chi connectivity index (χ3v) is 1.99. The van der Waals surface area contributed by atoms with Crippen molar-refractivity contribution >= 4 is 0 Å². The van der Waals surface area contributed by atoms with E-state index >= 15 is 0 Å². The maximum Gasteiger partial charge on any atom is 0.328 e. The van der Waals surface area contributed by atoms with Gasteiger partial charge >= 0.3 is 5.69 Å². The minimum atomic E-state index is -0.387. The zero-order valence-electron chi connectivity index (χ0n) is 10.9. The number of ether oxygens (including phenoxy) is 1. The Bertz CT molecular complexity index is 424. The molecule has 0 aromatic carbocycles. The van der Waals surface area contributed by atoms with Gasteiger partial charge in [0.2, 0.25) is 0 Å². The van der Waals surface area contributed by atoms with Crippen LogP contribution in [0.3, 0.4) is 0 Å². The molecule has 1 heterocycles. The van der Waals surface area contributed by atoms with Crippen molar-refractivity contribution in [3.63, 3.8) is 0 Å². The molecule has 0 aliphatic carbocycles. The second-order valence-electron chi connectivity index (χ2n) is 3.17. The summed E-state index contributed by atoms with van der Waals surface area (Å²) in [5.74, 6) is 0. The molecule has 0 spiro atoms. The predicted octanol–water partition coefficient (Wildman–Crippen LogP) is -0.273. The number of rotatable bonds is 3. The number of H-pyrrole nitrogens is 1. The number of aromatic amines is 1. The van der Waals surface area contributed by atoms with Gasteiger partial charge < -0.3 is 14.4 Å². The first-order valence-electron chi connectivity index (χ1n) is 5.28. The van der Waals surface area contributed by atoms with Crippen molar-refractivity contribution in [1.29, 1.82) is 0 Å². The van der Waals surface area contributed by atoms with Gasteiger partial charge in [-0.15, -0.1) is 12.8 Å². The number of nitrogens with zero attached hydrogens (tertiary/aromatic N) is 1. The summed E-state index contributed by atoms with van der Waals surface area (Å²) in [5.41, 5.74) is -0.749. The maximum atomic E-state index is 10.5. The quantitative estimate of drug-likeness (QED) is 0.729. The molecule has 102 valence electrons. The monoisotopic (exact) mass is 256 g/mol. The van der Waals surface area contributed by atoms with Gasteiger partial charge in [-0.2, -0.15) is 0 Å². The fourth-order valence-corrected chi connectivity index (χ4v) is 0.853. The van der Waals surface area contributed by atoms with Gasteiger partial charge in [0.25, 0.3) is 5.56 Å². The van der Waals surface area contributed by atoms with E-state index < -0.39 is 0 Å². The van der Waals surface area contributed by atoms with E-state index in [2.05, 4.69) is 17.8 Å². The van der Waals surface area contributed by atoms with Crippen LogP contribution in [0.4, 0.5) is 0 Å². The van der Waals surface area contributed by atoms with E-state index in [-0.39, 0.29) is 24.0 Å². The van der Waals surface area contributed by atoms with Crippen molar-refractivity contribution in [1.82, 2.24) is 9.55 Å². The molecule has 18 heavy (non-hydrogen) atoms. The molecule has 1 aromatic rings. The number of aliphatic hydroxyl groups is 1. The number of aryl methyl sites for hydroxylation is 1. The number of aliphatic hydroxyl groups excluding tert-OH is 1. The van der Waals surface area contributed by atoms with E-state index in [1.54, 1.807) is 14.2 Å². The molecule has 0 aliphatic heterocycles. The lowest BCUT2D eigenvalue weighted by molar-refractivity contribution is 0.0467. The van der Waals surface area contributed by atoms with Gasteiger partial charge in [0.1, 0.15) is 0 Å². The van der Waals surface area contributed by atoms with Crippen LogP contribution in [-0.2, 0) is 11.8 Å². The summed E-state index contributed by atoms with van der Waals surface area (Å²) in [6.45, 7) is 2.11. The Morgan fingerprint density at radius 2 is 2.06 bits per heavy atom. The molecular weight excluding hydrogens is 236 g/mol. The van der Waals surface area contributed by atoms with Gasteiger partial charge in [-0.25, -0.2) is 4.79 Å². The van der Waals surface area contributed by atoms with Crippen molar-refractivity contribution < 1.29 is 9.84 Å². The molecular formula is C12H20N2O4. The zero-order valence-corrected chi connectivity index (χ0v) is 10.9. The molecule has 0 amide bonds. The third kappa shape index (κ3) is 8.33. The molecule has 0 saturated heterocycles. The highest BCUT2D eigenvalue weighted by molar-refractivity contribution is 4.80. The van der Waals surface area contributed by atoms with E-state index in [9.17, 15) is 9.59 Å². The third-order valence-electron chi connectivity index (χ3n) is 1.99. The van der Waals surface area contributed by atoms with Gasteiger partial charge in [0.15, 0.2) is 0 Å². The first kappa shape index (κ1) is 18.5. The zero-order chi connectivity index (χ0) is 14.6. The summed E-state index contributed by atoms with van der Waals surface area (Å²) in [7, 11) is 3.17. The number of nitrogens with one attached hydrogen (secondary N) is 1. The van der Waals surface area contributed by atoms with Crippen molar-refractivity contribution in [2.75, 3.05) is 13.7 Å². The molecule has 0 saturated carbocycles. The maximum absolute atomic E-state index is 10.5. The summed E-state index contributed by atoms with van der Waals surface area (Å²) in [6.07, 6.45) is 10.3. The molecule has 1 unspecified atom stereocenters. The lowest BCUT2D eigenvalue weighted by atomic mass is 10.3. The number of hydrogen-bond acceptors (Lipinski definition) is 4. The fraction of sp³-hybridized carbons (Fsp3) is 0.500. The standard InChI is InChI=1S/C5H6N2O2.C5H12O2.C2H2/c1-7-3-2-4(8)6-5(7)9;1-3-5(4-6)7-2;1-2/h2-3H,1H3,(H,6,8,9);5-6H,3-4H2,1-2H3;1-2H. The number of hydrogen-bond donors (Lipinski definition) is 2. The van der Waals surface area contributed by atoms with E-state index in [0.29, 0.717) is 0 Å². The largest absolute Gasteiger partial charge is 0.394 e. The van der Waals surface area contributed by atoms with Crippen LogP contribution in [0, 0.1) is 12.8 Å². The molecule has 6 nitrogen and oxygen atoms in total. The highest BCUT2D eigenvalue weighted by Gasteiger charge is 1.97. The average Bonchev–Trinajstić information content (AvgIpc) is 2.39. The molecule has 0 radical (unpaired) electrons. The molecule has 1 atom stereocenters. The first-order chi connectivity index (χ1) is 8.54. The summed E-state index contributed by atoms with van der Waals surface area (Å²) < 4.78 is 6.09. The van der Waals surface area contributed by atoms with Crippen LogP contribution in [-0.4, -0.2) is 34.5 Å². The van der Waals surface area contributed by atoms with Gasteiger partial charge in [-0.05, 0) is 6.42 Å². The summed E-state index contributed by atoms with van der Waals surface area (Å²) in [4.78, 5) is 23.0. The van der Waals surface area contributed by atoms with E-state index in [0.717, 1.165) is 6.42 Å². The van der Waals surface area contributed by atoms with Crippen LogP contribution in [0.25, 0.3) is 0 Å². The van der Waals surface area contributed by atoms with Gasteiger partial charge in [-0.3, -0.25) is 9.78 Å². The highest BCUT2D eigenvalue weighted by Crippen LogP contribution is 1.91. The van der Waals surface area contributed by atoms with E-state index in [1.807, 2.05) is 6.92 Å². The lowest BCUT2D eigenvalue weighted by Crippen LogP contribution is -2.26. The summed E-state index contributed by atoms with van der Waals surface area (Å²) in [6, 6.07) is 1.29. The lowest BCUT2D eigenvalue weighted by Gasteiger charge is -2.06. The van der Waals surface area contributed by atoms with Gasteiger partial charge in [0.05, 0.1) is 12.7 Å². The molecule has 0 bridgehead atoms. The van der Waals surface area contributed by atoms with Crippen LogP contribution < -0.4 is 11.2 Å². The fourth-order valence-electron chi connectivity index (χ4n) is 0.853. The van der Waals surface area contributed by atoms with Crippen molar-refractivity contribution in [2.45, 2.75) is 19.4 Å². The first-order valence-corrected chi connectivity index (χ1v) is 5.28. The normalized spacial score (nSPS) is 10.3.